The van der Waals surface area contributed by atoms with Crippen LogP contribution in [0.2, 0.25) is 0 Å². The van der Waals surface area contributed by atoms with E-state index in [1.54, 1.807) is 30.3 Å². The van der Waals surface area contributed by atoms with E-state index in [1.165, 1.54) is 19.2 Å². The van der Waals surface area contributed by atoms with Gasteiger partial charge in [0.1, 0.15) is 5.75 Å². The Labute approximate surface area is 155 Å². The number of anilines is 1. The van der Waals surface area contributed by atoms with E-state index in [2.05, 4.69) is 26.0 Å². The van der Waals surface area contributed by atoms with Gasteiger partial charge >= 0.3 is 0 Å². The minimum absolute atomic E-state index is 0.0549. The monoisotopic (exact) mass is 426 g/mol. The molecule has 0 aliphatic carbocycles. The molecular weight excluding hydrogens is 408 g/mol. The second-order valence-corrected chi connectivity index (χ2v) is 8.11. The van der Waals surface area contributed by atoms with E-state index in [4.69, 9.17) is 4.74 Å². The van der Waals surface area contributed by atoms with Crippen LogP contribution in [0.5, 0.6) is 5.75 Å². The molecule has 0 aromatic heterocycles. The topological polar surface area (TPSA) is 84.5 Å². The number of hydrogen-bond donors (Lipinski definition) is 2. The van der Waals surface area contributed by atoms with Crippen LogP contribution in [0.1, 0.15) is 24.2 Å². The molecule has 0 aliphatic rings. The summed E-state index contributed by atoms with van der Waals surface area (Å²) in [7, 11) is -2.36. The molecule has 6 nitrogen and oxygen atoms in total. The first-order chi connectivity index (χ1) is 11.7. The molecule has 25 heavy (non-hydrogen) atoms. The van der Waals surface area contributed by atoms with Crippen molar-refractivity contribution >= 4 is 37.5 Å². The van der Waals surface area contributed by atoms with Crippen LogP contribution in [-0.2, 0) is 10.0 Å². The van der Waals surface area contributed by atoms with Crippen molar-refractivity contribution in [2.24, 2.45) is 0 Å². The van der Waals surface area contributed by atoms with E-state index in [0.717, 1.165) is 0 Å². The molecule has 2 aromatic rings. The molecule has 1 amide bonds. The molecule has 0 unspecified atom stereocenters. The predicted molar refractivity (Wildman–Crippen MR) is 101 cm³/mol. The number of sulfonamides is 1. The third-order valence-corrected chi connectivity index (χ3v) is 5.25. The number of carbonyl (C=O) groups is 1. The van der Waals surface area contributed by atoms with Gasteiger partial charge in [0, 0.05) is 6.04 Å². The van der Waals surface area contributed by atoms with E-state index in [0.29, 0.717) is 10.2 Å². The minimum atomic E-state index is -3.86. The average Bonchev–Trinajstić information content (AvgIpc) is 2.54. The number of carbonyl (C=O) groups excluding carboxylic acids is 1. The number of halogens is 1. The molecule has 2 aromatic carbocycles. The zero-order valence-electron chi connectivity index (χ0n) is 14.0. The summed E-state index contributed by atoms with van der Waals surface area (Å²) in [4.78, 5) is 12.3. The van der Waals surface area contributed by atoms with Crippen LogP contribution in [0.4, 0.5) is 5.69 Å². The highest BCUT2D eigenvalue weighted by Crippen LogP contribution is 2.28. The molecule has 2 rings (SSSR count). The SMILES string of the molecule is COc1ccc(S(=O)(=O)Nc2ccccc2C(=O)NC(C)C)cc1Br. The number of para-hydroxylation sites is 1. The largest absolute Gasteiger partial charge is 0.496 e. The first-order valence-corrected chi connectivity index (χ1v) is 9.78. The van der Waals surface area contributed by atoms with E-state index >= 15 is 0 Å². The summed E-state index contributed by atoms with van der Waals surface area (Å²) >= 11 is 3.27. The standard InChI is InChI=1S/C17H19BrN2O4S/c1-11(2)19-17(21)13-6-4-5-7-15(13)20-25(22,23)12-8-9-16(24-3)14(18)10-12/h4-11,20H,1-3H3,(H,19,21). The third-order valence-electron chi connectivity index (χ3n) is 3.27. The summed E-state index contributed by atoms with van der Waals surface area (Å²) < 4.78 is 33.4. The molecule has 0 atom stereocenters. The maximum Gasteiger partial charge on any atom is 0.261 e. The van der Waals surface area contributed by atoms with Crippen molar-refractivity contribution in [2.45, 2.75) is 24.8 Å². The molecule has 0 saturated carbocycles. The predicted octanol–water partition coefficient (Wildman–Crippen LogP) is 3.40. The van der Waals surface area contributed by atoms with Gasteiger partial charge in [0.25, 0.3) is 15.9 Å². The first-order valence-electron chi connectivity index (χ1n) is 7.51. The number of ether oxygens (including phenoxy) is 1. The minimum Gasteiger partial charge on any atom is -0.496 e. The molecule has 0 radical (unpaired) electrons. The van der Waals surface area contributed by atoms with Gasteiger partial charge in [-0.05, 0) is 60.1 Å². The highest BCUT2D eigenvalue weighted by atomic mass is 79.9. The molecule has 2 N–H and O–H groups in total. The van der Waals surface area contributed by atoms with Crippen LogP contribution in [-0.4, -0.2) is 27.5 Å². The lowest BCUT2D eigenvalue weighted by Crippen LogP contribution is -2.31. The lowest BCUT2D eigenvalue weighted by molar-refractivity contribution is 0.0944. The molecule has 8 heteroatoms. The summed E-state index contributed by atoms with van der Waals surface area (Å²) in [6, 6.07) is 10.8. The number of hydrogen-bond acceptors (Lipinski definition) is 4. The fraction of sp³-hybridized carbons (Fsp3) is 0.235. The van der Waals surface area contributed by atoms with Gasteiger partial charge in [-0.15, -0.1) is 0 Å². The lowest BCUT2D eigenvalue weighted by atomic mass is 10.1. The molecule has 0 bridgehead atoms. The summed E-state index contributed by atoms with van der Waals surface area (Å²) in [5.41, 5.74) is 0.472. The summed E-state index contributed by atoms with van der Waals surface area (Å²) in [6.45, 7) is 3.67. The Morgan fingerprint density at radius 1 is 1.16 bits per heavy atom. The third kappa shape index (κ3) is 4.73. The van der Waals surface area contributed by atoms with Crippen LogP contribution >= 0.6 is 15.9 Å². The smallest absolute Gasteiger partial charge is 0.261 e. The number of rotatable bonds is 6. The Hall–Kier alpha value is -2.06. The van der Waals surface area contributed by atoms with Crippen molar-refractivity contribution in [2.75, 3.05) is 11.8 Å². The second kappa shape index (κ2) is 7.88. The van der Waals surface area contributed by atoms with Gasteiger partial charge in [-0.25, -0.2) is 8.42 Å². The summed E-state index contributed by atoms with van der Waals surface area (Å²) in [5.74, 6) is 0.180. The molecule has 0 fully saturated rings. The van der Waals surface area contributed by atoms with Crippen LogP contribution in [0.3, 0.4) is 0 Å². The highest BCUT2D eigenvalue weighted by Gasteiger charge is 2.20. The number of amides is 1. The highest BCUT2D eigenvalue weighted by molar-refractivity contribution is 9.10. The van der Waals surface area contributed by atoms with E-state index in [-0.39, 0.29) is 28.1 Å². The maximum atomic E-state index is 12.6. The van der Waals surface area contributed by atoms with Crippen molar-refractivity contribution in [1.29, 1.82) is 0 Å². The van der Waals surface area contributed by atoms with Gasteiger partial charge < -0.3 is 10.1 Å². The van der Waals surface area contributed by atoms with Crippen molar-refractivity contribution in [3.05, 3.63) is 52.5 Å². The quantitative estimate of drug-likeness (QED) is 0.740. The van der Waals surface area contributed by atoms with Gasteiger partial charge in [-0.2, -0.15) is 0 Å². The van der Waals surface area contributed by atoms with Gasteiger partial charge in [-0.3, -0.25) is 9.52 Å². The Balaban J connectivity index is 2.35. The summed E-state index contributed by atoms with van der Waals surface area (Å²) in [6.07, 6.45) is 0. The fourth-order valence-corrected chi connectivity index (χ4v) is 3.93. The van der Waals surface area contributed by atoms with Crippen molar-refractivity contribution < 1.29 is 17.9 Å². The van der Waals surface area contributed by atoms with Gasteiger partial charge in [-0.1, -0.05) is 12.1 Å². The van der Waals surface area contributed by atoms with Gasteiger partial charge in [0.05, 0.1) is 27.7 Å². The first kappa shape index (κ1) is 19.3. The lowest BCUT2D eigenvalue weighted by Gasteiger charge is -2.14. The summed E-state index contributed by atoms with van der Waals surface area (Å²) in [5, 5.41) is 2.75. The van der Waals surface area contributed by atoms with Gasteiger partial charge in [0.2, 0.25) is 0 Å². The number of benzene rings is 2. The van der Waals surface area contributed by atoms with E-state index < -0.39 is 10.0 Å². The second-order valence-electron chi connectivity index (χ2n) is 5.58. The number of nitrogens with one attached hydrogen (secondary N) is 2. The van der Waals surface area contributed by atoms with E-state index in [9.17, 15) is 13.2 Å². The number of methoxy groups -OCH3 is 1. The van der Waals surface area contributed by atoms with Crippen molar-refractivity contribution in [1.82, 2.24) is 5.32 Å². The Morgan fingerprint density at radius 2 is 1.84 bits per heavy atom. The van der Waals surface area contributed by atoms with E-state index in [1.807, 2.05) is 13.8 Å². The Bertz CT molecular complexity index is 882. The molecule has 134 valence electrons. The maximum absolute atomic E-state index is 12.6. The molecule has 0 saturated heterocycles. The van der Waals surface area contributed by atoms with Crippen molar-refractivity contribution in [3.8, 4) is 5.75 Å². The molecule has 0 heterocycles. The normalized spacial score (nSPS) is 11.2. The average molecular weight is 427 g/mol. The Morgan fingerprint density at radius 3 is 2.44 bits per heavy atom. The molecule has 0 aliphatic heterocycles. The van der Waals surface area contributed by atoms with Crippen LogP contribution in [0.15, 0.2) is 51.8 Å². The van der Waals surface area contributed by atoms with Crippen LogP contribution in [0.25, 0.3) is 0 Å². The Kier molecular flexibility index (Phi) is 6.07. The molecular formula is C17H19BrN2O4S. The van der Waals surface area contributed by atoms with Crippen molar-refractivity contribution in [3.63, 3.8) is 0 Å². The molecule has 0 spiro atoms. The zero-order valence-corrected chi connectivity index (χ0v) is 16.4. The fourth-order valence-electron chi connectivity index (χ4n) is 2.13. The van der Waals surface area contributed by atoms with Gasteiger partial charge in [0.15, 0.2) is 0 Å². The van der Waals surface area contributed by atoms with Crippen LogP contribution < -0.4 is 14.8 Å². The van der Waals surface area contributed by atoms with Crippen LogP contribution in [0, 0.1) is 0 Å². The zero-order chi connectivity index (χ0) is 18.6.